The van der Waals surface area contributed by atoms with Crippen molar-refractivity contribution in [2.75, 3.05) is 13.1 Å². The standard InChI is InChI=1S/C11H14N2/c1-2-8(1)10-3-4-12-7-11(10)9-5-13-6-9/h3-4,7-9,13H,1-2,5-6H2. The Kier molecular flexibility index (Phi) is 1.62. The van der Waals surface area contributed by atoms with Crippen LogP contribution in [0.15, 0.2) is 18.5 Å². The van der Waals surface area contributed by atoms with Crippen molar-refractivity contribution in [3.8, 4) is 0 Å². The van der Waals surface area contributed by atoms with Crippen LogP contribution in [-0.2, 0) is 0 Å². The molecule has 0 spiro atoms. The van der Waals surface area contributed by atoms with Gasteiger partial charge >= 0.3 is 0 Å². The second kappa shape index (κ2) is 2.81. The van der Waals surface area contributed by atoms with Crippen LogP contribution >= 0.6 is 0 Å². The van der Waals surface area contributed by atoms with E-state index >= 15 is 0 Å². The molecule has 2 fully saturated rings. The Bertz CT molecular complexity index is 314. The summed E-state index contributed by atoms with van der Waals surface area (Å²) in [7, 11) is 0. The van der Waals surface area contributed by atoms with Gasteiger partial charge in [-0.05, 0) is 36.0 Å². The average Bonchev–Trinajstić information content (AvgIpc) is 2.85. The summed E-state index contributed by atoms with van der Waals surface area (Å²) in [6, 6.07) is 2.21. The summed E-state index contributed by atoms with van der Waals surface area (Å²) in [6.07, 6.45) is 6.77. The maximum atomic E-state index is 4.23. The molecule has 1 aliphatic carbocycles. The molecule has 68 valence electrons. The van der Waals surface area contributed by atoms with Crippen LogP contribution < -0.4 is 5.32 Å². The van der Waals surface area contributed by atoms with Gasteiger partial charge < -0.3 is 5.32 Å². The summed E-state index contributed by atoms with van der Waals surface area (Å²) < 4.78 is 0. The smallest absolute Gasteiger partial charge is 0.0306 e. The van der Waals surface area contributed by atoms with Gasteiger partial charge in [-0.1, -0.05) is 0 Å². The minimum absolute atomic E-state index is 0.740. The lowest BCUT2D eigenvalue weighted by atomic mass is 9.90. The Morgan fingerprint density at radius 2 is 2.00 bits per heavy atom. The molecule has 2 aliphatic rings. The van der Waals surface area contributed by atoms with Gasteiger partial charge in [0.25, 0.3) is 0 Å². The zero-order valence-corrected chi connectivity index (χ0v) is 7.66. The van der Waals surface area contributed by atoms with Crippen LogP contribution in [0.3, 0.4) is 0 Å². The molecular formula is C11H14N2. The number of hydrogen-bond acceptors (Lipinski definition) is 2. The molecule has 1 N–H and O–H groups in total. The molecule has 1 aliphatic heterocycles. The van der Waals surface area contributed by atoms with Crippen LogP contribution in [0.5, 0.6) is 0 Å². The maximum Gasteiger partial charge on any atom is 0.0306 e. The molecule has 2 nitrogen and oxygen atoms in total. The minimum atomic E-state index is 0.740. The molecule has 1 saturated heterocycles. The molecular weight excluding hydrogens is 160 g/mol. The van der Waals surface area contributed by atoms with Gasteiger partial charge in [0.15, 0.2) is 0 Å². The number of pyridine rings is 1. The Morgan fingerprint density at radius 1 is 1.15 bits per heavy atom. The minimum Gasteiger partial charge on any atom is -0.315 e. The second-order valence-corrected chi connectivity index (χ2v) is 4.13. The van der Waals surface area contributed by atoms with Crippen molar-refractivity contribution in [3.63, 3.8) is 0 Å². The quantitative estimate of drug-likeness (QED) is 0.737. The molecule has 1 saturated carbocycles. The summed E-state index contributed by atoms with van der Waals surface area (Å²) in [5.41, 5.74) is 3.07. The molecule has 3 rings (SSSR count). The van der Waals surface area contributed by atoms with Crippen molar-refractivity contribution < 1.29 is 0 Å². The lowest BCUT2D eigenvalue weighted by Gasteiger charge is -2.29. The van der Waals surface area contributed by atoms with Crippen molar-refractivity contribution in [1.82, 2.24) is 10.3 Å². The first-order valence-corrected chi connectivity index (χ1v) is 5.09. The Labute approximate surface area is 78.4 Å². The van der Waals surface area contributed by atoms with E-state index in [1.165, 1.54) is 18.4 Å². The van der Waals surface area contributed by atoms with E-state index in [9.17, 15) is 0 Å². The first-order valence-electron chi connectivity index (χ1n) is 5.09. The zero-order valence-electron chi connectivity index (χ0n) is 7.66. The van der Waals surface area contributed by atoms with Gasteiger partial charge in [0, 0.05) is 31.4 Å². The molecule has 13 heavy (non-hydrogen) atoms. The van der Waals surface area contributed by atoms with Crippen LogP contribution in [0.2, 0.25) is 0 Å². The molecule has 0 radical (unpaired) electrons. The molecule has 2 heteroatoms. The third kappa shape index (κ3) is 1.25. The Balaban J connectivity index is 1.96. The van der Waals surface area contributed by atoms with Gasteiger partial charge in [-0.3, -0.25) is 4.98 Å². The predicted molar refractivity (Wildman–Crippen MR) is 51.8 cm³/mol. The van der Waals surface area contributed by atoms with Crippen molar-refractivity contribution in [1.29, 1.82) is 0 Å². The SMILES string of the molecule is c1cc(C2CC2)c(C2CNC2)cn1. The van der Waals surface area contributed by atoms with Gasteiger partial charge in [0.2, 0.25) is 0 Å². The van der Waals surface area contributed by atoms with E-state index < -0.39 is 0 Å². The lowest BCUT2D eigenvalue weighted by Crippen LogP contribution is -2.40. The fraction of sp³-hybridized carbons (Fsp3) is 0.545. The molecule has 0 unspecified atom stereocenters. The van der Waals surface area contributed by atoms with Crippen LogP contribution in [0.4, 0.5) is 0 Å². The van der Waals surface area contributed by atoms with E-state index in [2.05, 4.69) is 22.6 Å². The van der Waals surface area contributed by atoms with Gasteiger partial charge in [0.1, 0.15) is 0 Å². The van der Waals surface area contributed by atoms with Crippen molar-refractivity contribution in [2.45, 2.75) is 24.7 Å². The van der Waals surface area contributed by atoms with Crippen molar-refractivity contribution in [2.24, 2.45) is 0 Å². The molecule has 2 heterocycles. The fourth-order valence-electron chi connectivity index (χ4n) is 2.03. The summed E-state index contributed by atoms with van der Waals surface area (Å²) in [4.78, 5) is 4.23. The molecule has 0 aromatic carbocycles. The maximum absolute atomic E-state index is 4.23. The first kappa shape index (κ1) is 7.51. The van der Waals surface area contributed by atoms with Gasteiger partial charge in [0.05, 0.1) is 0 Å². The van der Waals surface area contributed by atoms with Crippen molar-refractivity contribution in [3.05, 3.63) is 29.6 Å². The van der Waals surface area contributed by atoms with E-state index in [4.69, 9.17) is 0 Å². The molecule has 0 amide bonds. The molecule has 1 aromatic rings. The normalized spacial score (nSPS) is 22.8. The third-order valence-electron chi connectivity index (χ3n) is 3.13. The summed E-state index contributed by atoms with van der Waals surface area (Å²) >= 11 is 0. The highest BCUT2D eigenvalue weighted by atomic mass is 14.9. The Morgan fingerprint density at radius 3 is 2.62 bits per heavy atom. The fourth-order valence-corrected chi connectivity index (χ4v) is 2.03. The third-order valence-corrected chi connectivity index (χ3v) is 3.13. The highest BCUT2D eigenvalue weighted by Gasteiger charge is 2.30. The van der Waals surface area contributed by atoms with Crippen LogP contribution in [0, 0.1) is 0 Å². The number of nitrogens with zero attached hydrogens (tertiary/aromatic N) is 1. The number of nitrogens with one attached hydrogen (secondary N) is 1. The van der Waals surface area contributed by atoms with Crippen LogP contribution in [0.25, 0.3) is 0 Å². The summed E-state index contributed by atoms with van der Waals surface area (Å²) in [5, 5.41) is 3.32. The average molecular weight is 174 g/mol. The molecule has 0 atom stereocenters. The van der Waals surface area contributed by atoms with Crippen LogP contribution in [0.1, 0.15) is 35.8 Å². The highest BCUT2D eigenvalue weighted by molar-refractivity contribution is 5.34. The predicted octanol–water partition coefficient (Wildman–Crippen LogP) is 1.65. The van der Waals surface area contributed by atoms with E-state index in [0.717, 1.165) is 24.9 Å². The van der Waals surface area contributed by atoms with E-state index in [-0.39, 0.29) is 0 Å². The number of aromatic nitrogens is 1. The zero-order chi connectivity index (χ0) is 8.67. The van der Waals surface area contributed by atoms with Crippen molar-refractivity contribution >= 4 is 0 Å². The second-order valence-electron chi connectivity index (χ2n) is 4.13. The van der Waals surface area contributed by atoms with E-state index in [0.29, 0.717) is 0 Å². The monoisotopic (exact) mass is 174 g/mol. The first-order chi connectivity index (χ1) is 6.45. The van der Waals surface area contributed by atoms with Gasteiger partial charge in [-0.2, -0.15) is 0 Å². The Hall–Kier alpha value is -0.890. The van der Waals surface area contributed by atoms with E-state index in [1.54, 1.807) is 5.56 Å². The highest BCUT2D eigenvalue weighted by Crippen LogP contribution is 2.43. The summed E-state index contributed by atoms with van der Waals surface area (Å²) in [5.74, 6) is 1.60. The summed E-state index contributed by atoms with van der Waals surface area (Å²) in [6.45, 7) is 2.29. The number of hydrogen-bond donors (Lipinski definition) is 1. The molecule has 1 aromatic heterocycles. The number of rotatable bonds is 2. The topological polar surface area (TPSA) is 24.9 Å². The largest absolute Gasteiger partial charge is 0.315 e. The van der Waals surface area contributed by atoms with Crippen LogP contribution in [-0.4, -0.2) is 18.1 Å². The molecule has 0 bridgehead atoms. The van der Waals surface area contributed by atoms with Gasteiger partial charge in [-0.25, -0.2) is 0 Å². The van der Waals surface area contributed by atoms with Gasteiger partial charge in [-0.15, -0.1) is 0 Å². The lowest BCUT2D eigenvalue weighted by molar-refractivity contribution is 0.445. The van der Waals surface area contributed by atoms with E-state index in [1.807, 2.05) is 6.20 Å².